The van der Waals surface area contributed by atoms with E-state index in [0.29, 0.717) is 32.5 Å². The Kier molecular flexibility index (Phi) is 6.49. The van der Waals surface area contributed by atoms with Crippen LogP contribution in [0.5, 0.6) is 0 Å². The lowest BCUT2D eigenvalue weighted by atomic mass is 10.0. The number of aryl methyl sites for hydroxylation is 1. The molecule has 36 heavy (non-hydrogen) atoms. The number of likely N-dealkylation sites (tertiary alicyclic amines) is 1. The number of anilines is 1. The number of carboxylic acids is 1. The number of carbonyl (C=O) groups is 3. The van der Waals surface area contributed by atoms with Gasteiger partial charge in [0, 0.05) is 37.8 Å². The molecule has 2 aliphatic rings. The fourth-order valence-electron chi connectivity index (χ4n) is 5.10. The van der Waals surface area contributed by atoms with Crippen LogP contribution in [-0.4, -0.2) is 74.7 Å². The van der Waals surface area contributed by atoms with Crippen LogP contribution in [0, 0.1) is 6.92 Å². The van der Waals surface area contributed by atoms with Crippen molar-refractivity contribution in [3.63, 3.8) is 0 Å². The zero-order valence-electron chi connectivity index (χ0n) is 20.1. The molecule has 1 fully saturated rings. The van der Waals surface area contributed by atoms with Crippen molar-refractivity contribution in [3.8, 4) is 0 Å². The van der Waals surface area contributed by atoms with Gasteiger partial charge in [0.15, 0.2) is 0 Å². The van der Waals surface area contributed by atoms with E-state index in [2.05, 4.69) is 15.3 Å². The molecular weight excluding hydrogens is 462 g/mol. The first-order valence-electron chi connectivity index (χ1n) is 12.2. The molecule has 1 aromatic heterocycles. The van der Waals surface area contributed by atoms with Crippen LogP contribution in [0.2, 0.25) is 0 Å². The summed E-state index contributed by atoms with van der Waals surface area (Å²) in [5.41, 5.74) is 5.26. The Balaban J connectivity index is 1.18. The number of aromatic nitrogens is 2. The number of para-hydroxylation sites is 1. The molecule has 0 radical (unpaired) electrons. The van der Waals surface area contributed by atoms with Crippen molar-refractivity contribution in [2.24, 2.45) is 0 Å². The summed E-state index contributed by atoms with van der Waals surface area (Å²) < 4.78 is 5.42. The van der Waals surface area contributed by atoms with Crippen LogP contribution in [0.15, 0.2) is 42.7 Å². The van der Waals surface area contributed by atoms with E-state index >= 15 is 0 Å². The van der Waals surface area contributed by atoms with E-state index in [-0.39, 0.29) is 18.5 Å². The molecule has 0 saturated carbocycles. The third-order valence-electron chi connectivity index (χ3n) is 7.03. The van der Waals surface area contributed by atoms with Gasteiger partial charge in [0.25, 0.3) is 0 Å². The van der Waals surface area contributed by atoms with Crippen LogP contribution in [0.1, 0.15) is 29.5 Å². The van der Waals surface area contributed by atoms with Crippen molar-refractivity contribution >= 4 is 34.8 Å². The Hall–Kier alpha value is -4.08. The molecule has 10 heteroatoms. The number of aromatic amines is 1. The number of benzene rings is 2. The minimum absolute atomic E-state index is 0.00202. The SMILES string of the molecule is Cc1cc(CC(OC(=O)N2CCC(N3CCc4ccccc4NC3=O)CC2)C(=O)O)cc2nc[nH]c12. The molecule has 3 N–H and O–H groups in total. The minimum Gasteiger partial charge on any atom is -0.478 e. The second-order valence-corrected chi connectivity index (χ2v) is 9.37. The van der Waals surface area contributed by atoms with Crippen molar-refractivity contribution in [2.45, 2.75) is 44.8 Å². The summed E-state index contributed by atoms with van der Waals surface area (Å²) in [4.78, 5) is 48.2. The van der Waals surface area contributed by atoms with Crippen molar-refractivity contribution in [1.29, 1.82) is 0 Å². The van der Waals surface area contributed by atoms with Gasteiger partial charge in [-0.15, -0.1) is 0 Å². The lowest BCUT2D eigenvalue weighted by molar-refractivity contribution is -0.147. The monoisotopic (exact) mass is 491 g/mol. The quantitative estimate of drug-likeness (QED) is 0.501. The Morgan fingerprint density at radius 2 is 1.97 bits per heavy atom. The van der Waals surface area contributed by atoms with E-state index in [9.17, 15) is 19.5 Å². The van der Waals surface area contributed by atoms with Crippen molar-refractivity contribution in [3.05, 3.63) is 59.4 Å². The Morgan fingerprint density at radius 3 is 2.75 bits per heavy atom. The highest BCUT2D eigenvalue weighted by Crippen LogP contribution is 2.25. The summed E-state index contributed by atoms with van der Waals surface area (Å²) in [5, 5.41) is 12.7. The second kappa shape index (κ2) is 9.88. The highest BCUT2D eigenvalue weighted by molar-refractivity contribution is 5.91. The molecule has 0 aliphatic carbocycles. The zero-order chi connectivity index (χ0) is 25.2. The van der Waals surface area contributed by atoms with Gasteiger partial charge >= 0.3 is 18.1 Å². The van der Waals surface area contributed by atoms with Crippen LogP contribution in [0.3, 0.4) is 0 Å². The molecule has 3 heterocycles. The van der Waals surface area contributed by atoms with Crippen LogP contribution in [-0.2, 0) is 22.4 Å². The number of carboxylic acid groups (broad SMARTS) is 1. The van der Waals surface area contributed by atoms with E-state index in [1.54, 1.807) is 12.4 Å². The maximum absolute atomic E-state index is 12.8. The first kappa shape index (κ1) is 23.7. The first-order valence-corrected chi connectivity index (χ1v) is 12.2. The van der Waals surface area contributed by atoms with Crippen molar-refractivity contribution in [2.75, 3.05) is 25.0 Å². The Morgan fingerprint density at radius 1 is 1.19 bits per heavy atom. The topological polar surface area (TPSA) is 128 Å². The predicted octanol–water partition coefficient (Wildman–Crippen LogP) is 3.56. The fourth-order valence-corrected chi connectivity index (χ4v) is 5.10. The average molecular weight is 492 g/mol. The molecule has 3 aromatic rings. The van der Waals surface area contributed by atoms with Gasteiger partial charge in [0.2, 0.25) is 6.10 Å². The standard InChI is InChI=1S/C26H29N5O5/c1-16-12-17(13-21-23(16)28-15-27-21)14-22(24(32)33)36-26(35)30-9-7-19(8-10-30)31-11-6-18-4-2-3-5-20(18)29-25(31)34/h2-5,12-13,15,19,22H,6-11,14H2,1H3,(H,27,28)(H,29,34)(H,32,33). The van der Waals surface area contributed by atoms with Crippen LogP contribution in [0.4, 0.5) is 15.3 Å². The van der Waals surface area contributed by atoms with Gasteiger partial charge in [-0.25, -0.2) is 19.4 Å². The fraction of sp³-hybridized carbons (Fsp3) is 0.385. The molecule has 1 unspecified atom stereocenters. The van der Waals surface area contributed by atoms with Gasteiger partial charge in [-0.3, -0.25) is 0 Å². The molecule has 2 aromatic carbocycles. The minimum atomic E-state index is -1.30. The number of hydrogen-bond acceptors (Lipinski definition) is 5. The second-order valence-electron chi connectivity index (χ2n) is 9.37. The number of nitrogens with one attached hydrogen (secondary N) is 2. The molecule has 10 nitrogen and oxygen atoms in total. The smallest absolute Gasteiger partial charge is 0.410 e. The lowest BCUT2D eigenvalue weighted by Gasteiger charge is -2.37. The number of ether oxygens (including phenoxy) is 1. The summed E-state index contributed by atoms with van der Waals surface area (Å²) in [7, 11) is 0. The molecule has 0 spiro atoms. The number of H-pyrrole nitrogens is 1. The van der Waals surface area contributed by atoms with E-state index in [4.69, 9.17) is 4.74 Å². The van der Waals surface area contributed by atoms with Crippen LogP contribution >= 0.6 is 0 Å². The highest BCUT2D eigenvalue weighted by atomic mass is 16.6. The van der Waals surface area contributed by atoms with E-state index in [0.717, 1.165) is 39.8 Å². The molecule has 2 aliphatic heterocycles. The number of fused-ring (bicyclic) bond motifs is 2. The third-order valence-corrected chi connectivity index (χ3v) is 7.03. The highest BCUT2D eigenvalue weighted by Gasteiger charge is 2.33. The predicted molar refractivity (Wildman–Crippen MR) is 133 cm³/mol. The zero-order valence-corrected chi connectivity index (χ0v) is 20.1. The normalized spacial score (nSPS) is 17.3. The van der Waals surface area contributed by atoms with Gasteiger partial charge in [-0.05, 0) is 55.0 Å². The summed E-state index contributed by atoms with van der Waals surface area (Å²) >= 11 is 0. The number of urea groups is 1. The molecule has 1 atom stereocenters. The Labute approximate surface area is 208 Å². The summed E-state index contributed by atoms with van der Waals surface area (Å²) in [6.07, 6.45) is 1.66. The maximum atomic E-state index is 12.8. The van der Waals surface area contributed by atoms with E-state index in [1.165, 1.54) is 4.90 Å². The first-order chi connectivity index (χ1) is 17.4. The largest absolute Gasteiger partial charge is 0.478 e. The summed E-state index contributed by atoms with van der Waals surface area (Å²) in [5.74, 6) is -1.20. The third kappa shape index (κ3) is 4.84. The van der Waals surface area contributed by atoms with Crippen molar-refractivity contribution < 1.29 is 24.2 Å². The number of rotatable bonds is 5. The van der Waals surface area contributed by atoms with Gasteiger partial charge in [0.05, 0.1) is 17.4 Å². The molecule has 0 bridgehead atoms. The molecule has 3 amide bonds. The molecule has 5 rings (SSSR count). The summed E-state index contributed by atoms with van der Waals surface area (Å²) in [6, 6.07) is 11.3. The van der Waals surface area contributed by atoms with Gasteiger partial charge in [-0.2, -0.15) is 0 Å². The van der Waals surface area contributed by atoms with Crippen molar-refractivity contribution in [1.82, 2.24) is 19.8 Å². The lowest BCUT2D eigenvalue weighted by Crippen LogP contribution is -2.50. The number of carbonyl (C=O) groups excluding carboxylic acids is 2. The summed E-state index contributed by atoms with van der Waals surface area (Å²) in [6.45, 7) is 3.31. The molecular formula is C26H29N5O5. The molecule has 1 saturated heterocycles. The van der Waals surface area contributed by atoms with Gasteiger partial charge in [-0.1, -0.05) is 24.3 Å². The van der Waals surface area contributed by atoms with Crippen LogP contribution in [0.25, 0.3) is 11.0 Å². The average Bonchev–Trinajstić information content (AvgIpc) is 3.27. The Bertz CT molecular complexity index is 1300. The van der Waals surface area contributed by atoms with E-state index in [1.807, 2.05) is 42.2 Å². The number of amides is 3. The molecule has 188 valence electrons. The number of imidazole rings is 1. The number of aliphatic carboxylic acids is 1. The van der Waals surface area contributed by atoms with Crippen LogP contribution < -0.4 is 5.32 Å². The maximum Gasteiger partial charge on any atom is 0.410 e. The van der Waals surface area contributed by atoms with E-state index < -0.39 is 18.2 Å². The number of piperidine rings is 1. The van der Waals surface area contributed by atoms with Gasteiger partial charge in [0.1, 0.15) is 0 Å². The van der Waals surface area contributed by atoms with Gasteiger partial charge < -0.3 is 29.9 Å². The number of nitrogens with zero attached hydrogens (tertiary/aromatic N) is 3. The number of hydrogen-bond donors (Lipinski definition) is 3.